The van der Waals surface area contributed by atoms with Gasteiger partial charge < -0.3 is 4.74 Å². The van der Waals surface area contributed by atoms with Crippen LogP contribution in [0.5, 0.6) is 0 Å². The van der Waals surface area contributed by atoms with Crippen LogP contribution in [0.25, 0.3) is 0 Å². The van der Waals surface area contributed by atoms with Crippen LogP contribution in [-0.4, -0.2) is 22.4 Å². The van der Waals surface area contributed by atoms with E-state index in [4.69, 9.17) is 4.74 Å². The van der Waals surface area contributed by atoms with E-state index in [1.54, 1.807) is 4.68 Å². The van der Waals surface area contributed by atoms with Gasteiger partial charge in [0.2, 0.25) is 0 Å². The Labute approximate surface area is 89.2 Å². The Balaban J connectivity index is 2.08. The summed E-state index contributed by atoms with van der Waals surface area (Å²) in [4.78, 5) is 11.3. The van der Waals surface area contributed by atoms with Gasteiger partial charge in [0.25, 0.3) is 0 Å². The number of aryl methyl sites for hydroxylation is 1. The molecule has 4 heteroatoms. The van der Waals surface area contributed by atoms with Crippen LogP contribution in [0.1, 0.15) is 31.0 Å². The zero-order valence-electron chi connectivity index (χ0n) is 9.03. The molecule has 0 saturated carbocycles. The predicted octanol–water partition coefficient (Wildman–Crippen LogP) is 1.32. The molecule has 0 N–H and O–H groups in total. The van der Waals surface area contributed by atoms with Crippen LogP contribution in [0.15, 0.2) is 6.20 Å². The standard InChI is InChI=1S/C11H16N2O2/c1-2-15-11(14)8-13-10-6-4-3-5-9(10)7-12-13/h7H,2-6,8H2,1H3. The fourth-order valence-corrected chi connectivity index (χ4v) is 2.02. The van der Waals surface area contributed by atoms with Crippen LogP contribution in [0.2, 0.25) is 0 Å². The summed E-state index contributed by atoms with van der Waals surface area (Å²) in [5.74, 6) is -0.200. The second-order valence-electron chi connectivity index (χ2n) is 3.79. The van der Waals surface area contributed by atoms with Gasteiger partial charge in [-0.2, -0.15) is 5.10 Å². The highest BCUT2D eigenvalue weighted by molar-refractivity contribution is 5.69. The van der Waals surface area contributed by atoms with Gasteiger partial charge in [0.1, 0.15) is 6.54 Å². The summed E-state index contributed by atoms with van der Waals surface area (Å²) < 4.78 is 6.69. The fourth-order valence-electron chi connectivity index (χ4n) is 2.02. The van der Waals surface area contributed by atoms with Crippen LogP contribution in [0.3, 0.4) is 0 Å². The first kappa shape index (κ1) is 10.2. The number of carbonyl (C=O) groups is 1. The molecule has 4 nitrogen and oxygen atoms in total. The molecule has 82 valence electrons. The molecule has 0 fully saturated rings. The molecule has 1 aliphatic rings. The van der Waals surface area contributed by atoms with Crippen molar-refractivity contribution in [2.45, 2.75) is 39.2 Å². The number of nitrogens with zero attached hydrogens (tertiary/aromatic N) is 2. The molecule has 0 radical (unpaired) electrons. The van der Waals surface area contributed by atoms with Crippen molar-refractivity contribution >= 4 is 5.97 Å². The average Bonchev–Trinajstić information content (AvgIpc) is 2.62. The Bertz CT molecular complexity index is 357. The third-order valence-corrected chi connectivity index (χ3v) is 2.73. The van der Waals surface area contributed by atoms with Crippen molar-refractivity contribution in [1.82, 2.24) is 9.78 Å². The molecule has 0 aromatic carbocycles. The monoisotopic (exact) mass is 208 g/mol. The third kappa shape index (κ3) is 2.19. The molecule has 15 heavy (non-hydrogen) atoms. The number of carbonyl (C=O) groups excluding carboxylic acids is 1. The van der Waals surface area contributed by atoms with Crippen molar-refractivity contribution < 1.29 is 9.53 Å². The zero-order valence-corrected chi connectivity index (χ0v) is 9.03. The zero-order chi connectivity index (χ0) is 10.7. The van der Waals surface area contributed by atoms with Gasteiger partial charge in [-0.05, 0) is 38.2 Å². The Morgan fingerprint density at radius 3 is 3.13 bits per heavy atom. The van der Waals surface area contributed by atoms with Crippen LogP contribution >= 0.6 is 0 Å². The molecule has 0 atom stereocenters. The molecule has 1 aliphatic carbocycles. The Hall–Kier alpha value is -1.32. The first-order valence-corrected chi connectivity index (χ1v) is 5.50. The van der Waals surface area contributed by atoms with E-state index in [1.165, 1.54) is 24.1 Å². The van der Waals surface area contributed by atoms with E-state index in [0.29, 0.717) is 6.61 Å². The molecular weight excluding hydrogens is 192 g/mol. The number of esters is 1. The largest absolute Gasteiger partial charge is 0.465 e. The summed E-state index contributed by atoms with van der Waals surface area (Å²) >= 11 is 0. The molecular formula is C11H16N2O2. The number of aromatic nitrogens is 2. The molecule has 0 aliphatic heterocycles. The van der Waals surface area contributed by atoms with E-state index in [1.807, 2.05) is 13.1 Å². The van der Waals surface area contributed by atoms with Crippen LogP contribution in [0, 0.1) is 0 Å². The molecule has 2 rings (SSSR count). The highest BCUT2D eigenvalue weighted by Crippen LogP contribution is 2.20. The highest BCUT2D eigenvalue weighted by atomic mass is 16.5. The smallest absolute Gasteiger partial charge is 0.327 e. The number of hydrogen-bond acceptors (Lipinski definition) is 3. The van der Waals surface area contributed by atoms with Crippen molar-refractivity contribution in [3.05, 3.63) is 17.5 Å². The minimum absolute atomic E-state index is 0.200. The third-order valence-electron chi connectivity index (χ3n) is 2.73. The Kier molecular flexibility index (Phi) is 3.04. The van der Waals surface area contributed by atoms with Gasteiger partial charge in [0, 0.05) is 5.69 Å². The van der Waals surface area contributed by atoms with E-state index in [-0.39, 0.29) is 12.5 Å². The SMILES string of the molecule is CCOC(=O)Cn1ncc2c1CCCC2. The summed E-state index contributed by atoms with van der Waals surface area (Å²) in [6, 6.07) is 0. The lowest BCUT2D eigenvalue weighted by Gasteiger charge is -2.13. The van der Waals surface area contributed by atoms with Crippen molar-refractivity contribution in [2.75, 3.05) is 6.61 Å². The maximum Gasteiger partial charge on any atom is 0.327 e. The van der Waals surface area contributed by atoms with Gasteiger partial charge in [0.15, 0.2) is 0 Å². The second kappa shape index (κ2) is 4.47. The molecule has 0 spiro atoms. The number of fused-ring (bicyclic) bond motifs is 1. The van der Waals surface area contributed by atoms with Crippen LogP contribution in [-0.2, 0) is 28.9 Å². The van der Waals surface area contributed by atoms with E-state index in [9.17, 15) is 4.79 Å². The van der Waals surface area contributed by atoms with E-state index in [2.05, 4.69) is 5.10 Å². The topological polar surface area (TPSA) is 44.1 Å². The van der Waals surface area contributed by atoms with Crippen molar-refractivity contribution in [1.29, 1.82) is 0 Å². The number of ether oxygens (including phenoxy) is 1. The summed E-state index contributed by atoms with van der Waals surface area (Å²) in [6.07, 6.45) is 6.44. The second-order valence-corrected chi connectivity index (χ2v) is 3.79. The quantitative estimate of drug-likeness (QED) is 0.704. The first-order valence-electron chi connectivity index (χ1n) is 5.50. The van der Waals surface area contributed by atoms with Gasteiger partial charge in [0.05, 0.1) is 12.8 Å². The minimum atomic E-state index is -0.200. The van der Waals surface area contributed by atoms with Gasteiger partial charge in [-0.1, -0.05) is 0 Å². The van der Waals surface area contributed by atoms with Crippen molar-refractivity contribution in [3.63, 3.8) is 0 Å². The Morgan fingerprint density at radius 2 is 2.33 bits per heavy atom. The summed E-state index contributed by atoms with van der Waals surface area (Å²) in [7, 11) is 0. The summed E-state index contributed by atoms with van der Waals surface area (Å²) in [5, 5.41) is 4.24. The normalized spacial score (nSPS) is 14.7. The summed E-state index contributed by atoms with van der Waals surface area (Å²) in [5.41, 5.74) is 2.51. The van der Waals surface area contributed by atoms with E-state index in [0.717, 1.165) is 12.8 Å². The van der Waals surface area contributed by atoms with E-state index < -0.39 is 0 Å². The molecule has 1 heterocycles. The first-order chi connectivity index (χ1) is 7.31. The fraction of sp³-hybridized carbons (Fsp3) is 0.636. The number of rotatable bonds is 3. The van der Waals surface area contributed by atoms with Crippen molar-refractivity contribution in [2.24, 2.45) is 0 Å². The highest BCUT2D eigenvalue weighted by Gasteiger charge is 2.16. The van der Waals surface area contributed by atoms with Gasteiger partial charge in [-0.3, -0.25) is 9.48 Å². The lowest BCUT2D eigenvalue weighted by atomic mass is 9.98. The van der Waals surface area contributed by atoms with Crippen molar-refractivity contribution in [3.8, 4) is 0 Å². The molecule has 0 amide bonds. The Morgan fingerprint density at radius 1 is 1.53 bits per heavy atom. The van der Waals surface area contributed by atoms with Gasteiger partial charge in [-0.15, -0.1) is 0 Å². The summed E-state index contributed by atoms with van der Waals surface area (Å²) in [6.45, 7) is 2.50. The van der Waals surface area contributed by atoms with Crippen LogP contribution in [0.4, 0.5) is 0 Å². The van der Waals surface area contributed by atoms with Gasteiger partial charge in [-0.25, -0.2) is 0 Å². The predicted molar refractivity (Wildman–Crippen MR) is 55.5 cm³/mol. The molecule has 0 saturated heterocycles. The maximum absolute atomic E-state index is 11.3. The molecule has 1 aromatic rings. The van der Waals surface area contributed by atoms with E-state index >= 15 is 0 Å². The maximum atomic E-state index is 11.3. The lowest BCUT2D eigenvalue weighted by molar-refractivity contribution is -0.144. The van der Waals surface area contributed by atoms with Crippen LogP contribution < -0.4 is 0 Å². The minimum Gasteiger partial charge on any atom is -0.465 e. The molecule has 1 aromatic heterocycles. The average molecular weight is 208 g/mol. The molecule has 0 unspecified atom stereocenters. The molecule has 0 bridgehead atoms. The number of hydrogen-bond donors (Lipinski definition) is 0. The lowest BCUT2D eigenvalue weighted by Crippen LogP contribution is -2.17. The van der Waals surface area contributed by atoms with Gasteiger partial charge >= 0.3 is 5.97 Å².